The van der Waals surface area contributed by atoms with Crippen LogP contribution in [-0.4, -0.2) is 24.4 Å². The molecule has 0 aliphatic rings. The fraction of sp³-hybridized carbons (Fsp3) is 0.0667. The normalized spacial score (nSPS) is 9.92. The van der Waals surface area contributed by atoms with Gasteiger partial charge in [0.1, 0.15) is 12.1 Å². The maximum Gasteiger partial charge on any atom is 0.417 e. The summed E-state index contributed by atoms with van der Waals surface area (Å²) in [6, 6.07) is 6.76. The van der Waals surface area contributed by atoms with Crippen LogP contribution in [-0.2, 0) is 0 Å². The molecule has 0 spiro atoms. The highest BCUT2D eigenvalue weighted by Crippen LogP contribution is 2.28. The van der Waals surface area contributed by atoms with Crippen LogP contribution >= 0.6 is 0 Å². The summed E-state index contributed by atoms with van der Waals surface area (Å²) >= 11 is 0. The Morgan fingerprint density at radius 2 is 2.00 bits per heavy atom. The number of anilines is 1. The summed E-state index contributed by atoms with van der Waals surface area (Å²) < 4.78 is 23.6. The monoisotopic (exact) mass is 334 g/mol. The number of benzene rings is 2. The molecule has 0 saturated heterocycles. The van der Waals surface area contributed by atoms with E-state index in [9.17, 15) is 24.1 Å². The lowest BCUT2D eigenvalue weighted by Crippen LogP contribution is -2.18. The predicted molar refractivity (Wildman–Crippen MR) is 81.1 cm³/mol. The van der Waals surface area contributed by atoms with Gasteiger partial charge < -0.3 is 9.47 Å². The molecule has 1 amide bonds. The highest BCUT2D eigenvalue weighted by atomic mass is 19.1. The number of nitro groups is 1. The molecule has 0 unspecified atom stereocenters. The van der Waals surface area contributed by atoms with Gasteiger partial charge in [0.25, 0.3) is 5.69 Å². The molecule has 0 fully saturated rings. The molecular formula is C15H11FN2O6. The van der Waals surface area contributed by atoms with E-state index in [1.807, 2.05) is 0 Å². The van der Waals surface area contributed by atoms with Crippen LogP contribution in [0.15, 0.2) is 36.4 Å². The first-order chi connectivity index (χ1) is 11.4. The number of hydrogen-bond donors (Lipinski definition) is 1. The van der Waals surface area contributed by atoms with Crippen molar-refractivity contribution in [3.63, 3.8) is 0 Å². The van der Waals surface area contributed by atoms with Crippen molar-refractivity contribution >= 4 is 23.8 Å². The number of hydrogen-bond acceptors (Lipinski definition) is 6. The highest BCUT2D eigenvalue weighted by Gasteiger charge is 2.16. The van der Waals surface area contributed by atoms with E-state index >= 15 is 0 Å². The van der Waals surface area contributed by atoms with Gasteiger partial charge in [-0.25, -0.2) is 9.18 Å². The van der Waals surface area contributed by atoms with Gasteiger partial charge in [-0.3, -0.25) is 20.2 Å². The van der Waals surface area contributed by atoms with E-state index in [4.69, 9.17) is 9.47 Å². The highest BCUT2D eigenvalue weighted by molar-refractivity contribution is 5.87. The number of rotatable bonds is 5. The Morgan fingerprint density at radius 3 is 2.62 bits per heavy atom. The Bertz CT molecular complexity index is 809. The zero-order chi connectivity index (χ0) is 17.7. The topological polar surface area (TPSA) is 108 Å². The van der Waals surface area contributed by atoms with Gasteiger partial charge in [-0.2, -0.15) is 0 Å². The van der Waals surface area contributed by atoms with Gasteiger partial charge in [0.15, 0.2) is 11.5 Å². The zero-order valence-electron chi connectivity index (χ0n) is 12.3. The first kappa shape index (κ1) is 16.9. The smallest absolute Gasteiger partial charge is 0.417 e. The van der Waals surface area contributed by atoms with E-state index < -0.39 is 22.5 Å². The number of carbonyl (C=O) groups is 2. The predicted octanol–water partition coefficient (Wildman–Crippen LogP) is 3.17. The van der Waals surface area contributed by atoms with Gasteiger partial charge in [0.05, 0.1) is 17.7 Å². The summed E-state index contributed by atoms with van der Waals surface area (Å²) in [5.74, 6) is -0.749. The van der Waals surface area contributed by atoms with Crippen LogP contribution in [0.3, 0.4) is 0 Å². The minimum absolute atomic E-state index is 0.00793. The number of nitrogens with one attached hydrogen (secondary N) is 1. The van der Waals surface area contributed by atoms with Crippen LogP contribution in [0.25, 0.3) is 0 Å². The number of ether oxygens (including phenoxy) is 2. The maximum atomic E-state index is 13.6. The molecule has 0 aromatic heterocycles. The lowest BCUT2D eigenvalue weighted by atomic mass is 10.2. The number of carbonyl (C=O) groups excluding carboxylic acids is 2. The molecule has 0 atom stereocenters. The van der Waals surface area contributed by atoms with E-state index in [0.29, 0.717) is 11.8 Å². The van der Waals surface area contributed by atoms with Gasteiger partial charge in [-0.05, 0) is 24.3 Å². The Balaban J connectivity index is 2.18. The molecule has 2 aromatic rings. The van der Waals surface area contributed by atoms with Crippen molar-refractivity contribution in [2.24, 2.45) is 0 Å². The zero-order valence-corrected chi connectivity index (χ0v) is 12.3. The lowest BCUT2D eigenvalue weighted by molar-refractivity contribution is -0.384. The van der Waals surface area contributed by atoms with Crippen molar-refractivity contribution in [3.8, 4) is 11.5 Å². The molecule has 24 heavy (non-hydrogen) atoms. The van der Waals surface area contributed by atoms with Crippen LogP contribution in [0.1, 0.15) is 10.4 Å². The SMILES string of the molecule is COc1cc(C=O)ccc1OC(=O)Nc1cc([N+](=O)[O-])ccc1F. The Morgan fingerprint density at radius 1 is 1.25 bits per heavy atom. The van der Waals surface area contributed by atoms with Crippen LogP contribution in [0.5, 0.6) is 11.5 Å². The van der Waals surface area contributed by atoms with Crippen LogP contribution in [0.2, 0.25) is 0 Å². The number of halogens is 1. The number of nitrogens with zero attached hydrogens (tertiary/aromatic N) is 1. The second-order valence-corrected chi connectivity index (χ2v) is 4.46. The van der Waals surface area contributed by atoms with E-state index in [0.717, 1.165) is 18.2 Å². The quantitative estimate of drug-likeness (QED) is 0.511. The number of aldehydes is 1. The summed E-state index contributed by atoms with van der Waals surface area (Å²) in [6.45, 7) is 0. The van der Waals surface area contributed by atoms with E-state index in [2.05, 4.69) is 5.32 Å². The number of non-ortho nitro benzene ring substituents is 1. The van der Waals surface area contributed by atoms with Crippen molar-refractivity contribution in [3.05, 3.63) is 57.9 Å². The van der Waals surface area contributed by atoms with Gasteiger partial charge in [0, 0.05) is 17.7 Å². The molecule has 2 rings (SSSR count). The van der Waals surface area contributed by atoms with Gasteiger partial charge in [-0.1, -0.05) is 0 Å². The minimum atomic E-state index is -1.08. The molecule has 124 valence electrons. The summed E-state index contributed by atoms with van der Waals surface area (Å²) in [5.41, 5.74) is -0.485. The molecule has 0 aliphatic heterocycles. The summed E-state index contributed by atoms with van der Waals surface area (Å²) in [5, 5.41) is 12.7. The van der Waals surface area contributed by atoms with Gasteiger partial charge >= 0.3 is 6.09 Å². The number of methoxy groups -OCH3 is 1. The second-order valence-electron chi connectivity index (χ2n) is 4.46. The molecule has 9 heteroatoms. The fourth-order valence-corrected chi connectivity index (χ4v) is 1.80. The average molecular weight is 334 g/mol. The summed E-state index contributed by atoms with van der Waals surface area (Å²) in [7, 11) is 1.31. The number of nitro benzene ring substituents is 1. The van der Waals surface area contributed by atoms with E-state index in [-0.39, 0.29) is 17.2 Å². The van der Waals surface area contributed by atoms with Crippen molar-refractivity contribution < 1.29 is 28.4 Å². The van der Waals surface area contributed by atoms with Crippen LogP contribution < -0.4 is 14.8 Å². The summed E-state index contributed by atoms with van der Waals surface area (Å²) in [6.07, 6.45) is -0.489. The average Bonchev–Trinajstić information content (AvgIpc) is 2.56. The van der Waals surface area contributed by atoms with Crippen molar-refractivity contribution in [2.75, 3.05) is 12.4 Å². The van der Waals surface area contributed by atoms with Crippen LogP contribution in [0.4, 0.5) is 20.6 Å². The lowest BCUT2D eigenvalue weighted by Gasteiger charge is -2.10. The number of amides is 1. The largest absolute Gasteiger partial charge is 0.493 e. The van der Waals surface area contributed by atoms with Gasteiger partial charge in [-0.15, -0.1) is 0 Å². The molecule has 2 aromatic carbocycles. The molecule has 8 nitrogen and oxygen atoms in total. The molecule has 0 aliphatic carbocycles. The van der Waals surface area contributed by atoms with Gasteiger partial charge in [0.2, 0.25) is 0 Å². The maximum absolute atomic E-state index is 13.6. The van der Waals surface area contributed by atoms with Crippen molar-refractivity contribution in [1.82, 2.24) is 0 Å². The molecular weight excluding hydrogens is 323 g/mol. The Kier molecular flexibility index (Phi) is 5.05. The van der Waals surface area contributed by atoms with Crippen molar-refractivity contribution in [1.29, 1.82) is 0 Å². The molecule has 0 radical (unpaired) electrons. The minimum Gasteiger partial charge on any atom is -0.493 e. The standard InChI is InChI=1S/C15H11FN2O6/c1-23-14-6-9(8-19)2-5-13(14)24-15(20)17-12-7-10(18(21)22)3-4-11(12)16/h2-8H,1H3,(H,17,20). The van der Waals surface area contributed by atoms with E-state index in [1.165, 1.54) is 25.3 Å². The van der Waals surface area contributed by atoms with E-state index in [1.54, 1.807) is 0 Å². The molecule has 0 saturated carbocycles. The Hall–Kier alpha value is -3.49. The third-order valence-electron chi connectivity index (χ3n) is 2.92. The fourth-order valence-electron chi connectivity index (χ4n) is 1.80. The molecule has 1 N–H and O–H groups in total. The third-order valence-corrected chi connectivity index (χ3v) is 2.92. The second kappa shape index (κ2) is 7.18. The van der Waals surface area contributed by atoms with Crippen molar-refractivity contribution in [2.45, 2.75) is 0 Å². The third kappa shape index (κ3) is 3.83. The molecule has 0 heterocycles. The summed E-state index contributed by atoms with van der Waals surface area (Å²) in [4.78, 5) is 32.5. The first-order valence-electron chi connectivity index (χ1n) is 6.50. The Labute approximate surface area is 135 Å². The van der Waals surface area contributed by atoms with Crippen LogP contribution in [0, 0.1) is 15.9 Å². The molecule has 0 bridgehead atoms. The first-order valence-corrected chi connectivity index (χ1v) is 6.50.